The maximum Gasteiger partial charge on any atom is 0.259 e. The zero-order valence-electron chi connectivity index (χ0n) is 12.4. The van der Waals surface area contributed by atoms with Crippen LogP contribution in [0.5, 0.6) is 5.75 Å². The van der Waals surface area contributed by atoms with Gasteiger partial charge >= 0.3 is 0 Å². The summed E-state index contributed by atoms with van der Waals surface area (Å²) in [6.07, 6.45) is 0. The van der Waals surface area contributed by atoms with E-state index in [4.69, 9.17) is 17.5 Å². The molecule has 4 N–H and O–H groups in total. The van der Waals surface area contributed by atoms with Crippen LogP contribution in [0.1, 0.15) is 21.5 Å². The summed E-state index contributed by atoms with van der Waals surface area (Å²) in [7, 11) is 0. The number of halogens is 1. The zero-order chi connectivity index (χ0) is 17.0. The monoisotopic (exact) mass is 354 g/mol. The normalized spacial score (nSPS) is 10.6. The highest BCUT2D eigenvalue weighted by Gasteiger charge is 2.17. The topological polar surface area (TPSA) is 93.8 Å². The van der Waals surface area contributed by atoms with E-state index in [-0.39, 0.29) is 16.3 Å². The quantitative estimate of drug-likeness (QED) is 0.430. The summed E-state index contributed by atoms with van der Waals surface area (Å²) in [6, 6.07) is 8.32. The fraction of sp³-hybridized carbons (Fsp3) is 0.133. The summed E-state index contributed by atoms with van der Waals surface area (Å²) in [4.78, 5) is 16.8. The molecule has 0 saturated heterocycles. The Morgan fingerprint density at radius 3 is 2.57 bits per heavy atom. The second kappa shape index (κ2) is 7.67. The van der Waals surface area contributed by atoms with Crippen molar-refractivity contribution < 1.29 is 19.2 Å². The molecule has 0 aliphatic carbocycles. The van der Waals surface area contributed by atoms with Gasteiger partial charge in [0.05, 0.1) is 27.5 Å². The van der Waals surface area contributed by atoms with Crippen LogP contribution in [0.4, 0.5) is 5.69 Å². The number of amides is 1. The van der Waals surface area contributed by atoms with Gasteiger partial charge in [-0.25, -0.2) is 0 Å². The standard InChI is InChI=1S/C15H15ClN2O4S/c1-8-4-3-5-9(2)14(8)18-15(20)10-6-13(23-22-21-17)11(16)7-12(10)19/h3-7,19H,17H2,1-2H3,(H,18,20). The average molecular weight is 355 g/mol. The van der Waals surface area contributed by atoms with E-state index in [2.05, 4.69) is 14.6 Å². The van der Waals surface area contributed by atoms with Crippen LogP contribution in [0.15, 0.2) is 35.2 Å². The van der Waals surface area contributed by atoms with E-state index >= 15 is 0 Å². The fourth-order valence-corrected chi connectivity index (χ4v) is 2.71. The molecule has 0 aliphatic rings. The molecule has 1 amide bonds. The van der Waals surface area contributed by atoms with Crippen LogP contribution in [0, 0.1) is 13.8 Å². The average Bonchev–Trinajstić information content (AvgIpc) is 2.50. The zero-order valence-corrected chi connectivity index (χ0v) is 14.0. The minimum atomic E-state index is -0.466. The number of nitrogens with one attached hydrogen (secondary N) is 1. The molecule has 0 atom stereocenters. The number of aryl methyl sites for hydroxylation is 2. The number of hydrogen-bond donors (Lipinski definition) is 3. The molecule has 23 heavy (non-hydrogen) atoms. The number of carbonyl (C=O) groups is 1. The number of hydrogen-bond acceptors (Lipinski definition) is 6. The second-order valence-corrected chi connectivity index (χ2v) is 5.92. The molecule has 0 heterocycles. The van der Waals surface area contributed by atoms with Gasteiger partial charge in [-0.15, -0.1) is 9.32 Å². The van der Waals surface area contributed by atoms with Crippen molar-refractivity contribution in [1.29, 1.82) is 0 Å². The van der Waals surface area contributed by atoms with Crippen molar-refractivity contribution in [3.8, 4) is 5.75 Å². The lowest BCUT2D eigenvalue weighted by Gasteiger charge is -2.13. The first kappa shape index (κ1) is 17.6. The highest BCUT2D eigenvalue weighted by Crippen LogP contribution is 2.34. The lowest BCUT2D eigenvalue weighted by atomic mass is 10.1. The number of rotatable bonds is 5. The largest absolute Gasteiger partial charge is 0.507 e. The molecule has 2 rings (SSSR count). The van der Waals surface area contributed by atoms with Crippen molar-refractivity contribution in [3.63, 3.8) is 0 Å². The highest BCUT2D eigenvalue weighted by molar-refractivity contribution is 7.94. The number of carbonyl (C=O) groups excluding carboxylic acids is 1. The number of aromatic hydroxyl groups is 1. The molecular weight excluding hydrogens is 340 g/mol. The Kier molecular flexibility index (Phi) is 5.86. The first-order chi connectivity index (χ1) is 10.9. The minimum Gasteiger partial charge on any atom is -0.507 e. The molecular formula is C15H15ClN2O4S. The predicted molar refractivity (Wildman–Crippen MR) is 89.2 cm³/mol. The van der Waals surface area contributed by atoms with Gasteiger partial charge in [-0.2, -0.15) is 5.90 Å². The van der Waals surface area contributed by atoms with Gasteiger partial charge in [-0.3, -0.25) is 4.79 Å². The Morgan fingerprint density at radius 2 is 1.96 bits per heavy atom. The van der Waals surface area contributed by atoms with E-state index in [0.29, 0.717) is 10.6 Å². The summed E-state index contributed by atoms with van der Waals surface area (Å²) < 4.78 is 4.53. The molecule has 8 heteroatoms. The Bertz CT molecular complexity index is 719. The molecule has 0 fully saturated rings. The van der Waals surface area contributed by atoms with Gasteiger partial charge < -0.3 is 10.4 Å². The number of phenolic OH excluding ortho intramolecular Hbond substituents is 1. The third-order valence-electron chi connectivity index (χ3n) is 3.18. The number of para-hydroxylation sites is 1. The molecule has 2 aromatic rings. The Hall–Kier alpha value is -1.77. The van der Waals surface area contributed by atoms with Crippen LogP contribution < -0.4 is 11.2 Å². The number of benzene rings is 2. The SMILES string of the molecule is Cc1cccc(C)c1NC(=O)c1cc(SOON)c(Cl)cc1O. The van der Waals surface area contributed by atoms with Crippen molar-refractivity contribution in [3.05, 3.63) is 52.0 Å². The van der Waals surface area contributed by atoms with Crippen LogP contribution in [0.2, 0.25) is 5.02 Å². The molecule has 0 saturated carbocycles. The lowest BCUT2D eigenvalue weighted by Crippen LogP contribution is -2.14. The molecule has 0 unspecified atom stereocenters. The van der Waals surface area contributed by atoms with E-state index in [0.717, 1.165) is 23.2 Å². The van der Waals surface area contributed by atoms with E-state index < -0.39 is 5.91 Å². The summed E-state index contributed by atoms with van der Waals surface area (Å²) >= 11 is 6.69. The second-order valence-electron chi connectivity index (χ2n) is 4.77. The maximum absolute atomic E-state index is 12.5. The fourth-order valence-electron chi connectivity index (χ4n) is 2.04. The van der Waals surface area contributed by atoms with Crippen LogP contribution in [-0.4, -0.2) is 11.0 Å². The third-order valence-corrected chi connectivity index (χ3v) is 4.27. The van der Waals surface area contributed by atoms with Crippen LogP contribution >= 0.6 is 23.6 Å². The van der Waals surface area contributed by atoms with Crippen molar-refractivity contribution in [1.82, 2.24) is 0 Å². The summed E-state index contributed by atoms with van der Waals surface area (Å²) in [5, 5.41) is 13.0. The molecule has 0 aromatic heterocycles. The van der Waals surface area contributed by atoms with E-state index in [9.17, 15) is 9.90 Å². The first-order valence-corrected chi connectivity index (χ1v) is 7.66. The summed E-state index contributed by atoms with van der Waals surface area (Å²) in [5.41, 5.74) is 2.59. The van der Waals surface area contributed by atoms with E-state index in [1.165, 1.54) is 12.1 Å². The van der Waals surface area contributed by atoms with Crippen molar-refractivity contribution in [2.24, 2.45) is 5.90 Å². The summed E-state index contributed by atoms with van der Waals surface area (Å²) in [6.45, 7) is 3.77. The first-order valence-electron chi connectivity index (χ1n) is 6.54. The molecule has 0 radical (unpaired) electrons. The Morgan fingerprint density at radius 1 is 1.30 bits per heavy atom. The number of anilines is 1. The minimum absolute atomic E-state index is 0.0557. The highest BCUT2D eigenvalue weighted by atomic mass is 35.5. The third kappa shape index (κ3) is 4.15. The van der Waals surface area contributed by atoms with Crippen molar-refractivity contribution in [2.75, 3.05) is 5.32 Å². The Balaban J connectivity index is 2.32. The Labute approximate surface area is 142 Å². The predicted octanol–water partition coefficient (Wildman–Crippen LogP) is 3.74. The van der Waals surface area contributed by atoms with Crippen LogP contribution in [0.3, 0.4) is 0 Å². The van der Waals surface area contributed by atoms with Crippen LogP contribution in [0.25, 0.3) is 0 Å². The van der Waals surface area contributed by atoms with E-state index in [1.807, 2.05) is 32.0 Å². The molecule has 6 nitrogen and oxygen atoms in total. The number of nitrogens with two attached hydrogens (primary N) is 1. The van der Waals surface area contributed by atoms with E-state index in [1.54, 1.807) is 0 Å². The van der Waals surface area contributed by atoms with Crippen molar-refractivity contribution >= 4 is 35.2 Å². The van der Waals surface area contributed by atoms with Crippen molar-refractivity contribution in [2.45, 2.75) is 18.7 Å². The number of phenols is 1. The molecule has 2 aromatic carbocycles. The molecule has 0 spiro atoms. The van der Waals surface area contributed by atoms with Gasteiger partial charge in [0.1, 0.15) is 5.75 Å². The smallest absolute Gasteiger partial charge is 0.259 e. The maximum atomic E-state index is 12.5. The molecule has 0 bridgehead atoms. The summed E-state index contributed by atoms with van der Waals surface area (Å²) in [5.74, 6) is 4.07. The van der Waals surface area contributed by atoms with Gasteiger partial charge in [0.25, 0.3) is 5.91 Å². The van der Waals surface area contributed by atoms with Gasteiger partial charge in [0.2, 0.25) is 0 Å². The molecule has 0 aliphatic heterocycles. The van der Waals surface area contributed by atoms with Gasteiger partial charge in [0, 0.05) is 11.8 Å². The van der Waals surface area contributed by atoms with Gasteiger partial charge in [-0.05, 0) is 31.0 Å². The lowest BCUT2D eigenvalue weighted by molar-refractivity contribution is -0.195. The van der Waals surface area contributed by atoms with Gasteiger partial charge in [-0.1, -0.05) is 29.8 Å². The van der Waals surface area contributed by atoms with Gasteiger partial charge in [0.15, 0.2) is 0 Å². The van der Waals surface area contributed by atoms with Crippen LogP contribution in [-0.2, 0) is 9.32 Å². The molecule has 122 valence electrons.